The Bertz CT molecular complexity index is 2410. The number of hydrogen-bond acceptors (Lipinski definition) is 1. The molecule has 0 spiro atoms. The fraction of sp³-hybridized carbons (Fsp3) is 0. The summed E-state index contributed by atoms with van der Waals surface area (Å²) in [6.07, 6.45) is 0. The second kappa shape index (κ2) is 7.21. The lowest BCUT2D eigenvalue weighted by Crippen LogP contribution is -1.94. The number of nitrogens with zero attached hydrogens (tertiary/aromatic N) is 3. The van der Waals surface area contributed by atoms with Crippen molar-refractivity contribution in [1.82, 2.24) is 14.0 Å². The number of fused-ring (bicyclic) bond motifs is 12. The van der Waals surface area contributed by atoms with Crippen molar-refractivity contribution < 1.29 is 0 Å². The lowest BCUT2D eigenvalue weighted by atomic mass is 10.1. The van der Waals surface area contributed by atoms with Crippen LogP contribution in [0, 0.1) is 0 Å². The summed E-state index contributed by atoms with van der Waals surface area (Å²) in [5, 5.41) is 8.60. The van der Waals surface area contributed by atoms with Crippen molar-refractivity contribution in [2.24, 2.45) is 0 Å². The summed E-state index contributed by atoms with van der Waals surface area (Å²) in [4.78, 5) is 5.23. The van der Waals surface area contributed by atoms with Gasteiger partial charge in [-0.05, 0) is 52.6 Å². The number of pyridine rings is 1. The number of hydrogen-bond donors (Lipinski definition) is 0. The van der Waals surface area contributed by atoms with Gasteiger partial charge in [0.05, 0.1) is 27.6 Å². The van der Waals surface area contributed by atoms with Crippen LogP contribution in [0.5, 0.6) is 0 Å². The van der Waals surface area contributed by atoms with E-state index < -0.39 is 0 Å². The Kier molecular flexibility index (Phi) is 3.79. The molecule has 0 unspecified atom stereocenters. The van der Waals surface area contributed by atoms with Gasteiger partial charge in [0.25, 0.3) is 0 Å². The molecule has 0 aliphatic heterocycles. The van der Waals surface area contributed by atoms with E-state index in [1.165, 1.54) is 59.9 Å². The minimum Gasteiger partial charge on any atom is -0.309 e. The number of imidazole rings is 1. The Morgan fingerprint density at radius 3 is 1.92 bits per heavy atom. The molecule has 9 aromatic rings. The van der Waals surface area contributed by atoms with Crippen LogP contribution in [0.1, 0.15) is 0 Å². The van der Waals surface area contributed by atoms with Crippen LogP contribution in [0.25, 0.3) is 76.6 Å². The van der Waals surface area contributed by atoms with Crippen molar-refractivity contribution in [3.05, 3.63) is 127 Å². The van der Waals surface area contributed by atoms with E-state index in [2.05, 4.69) is 136 Å². The van der Waals surface area contributed by atoms with E-state index in [4.69, 9.17) is 4.98 Å². The van der Waals surface area contributed by atoms with E-state index in [1.807, 2.05) is 0 Å². The molecule has 176 valence electrons. The second-order valence-corrected chi connectivity index (χ2v) is 10.1. The van der Waals surface area contributed by atoms with Crippen molar-refractivity contribution in [3.63, 3.8) is 0 Å². The van der Waals surface area contributed by atoms with Crippen LogP contribution >= 0.6 is 0 Å². The number of aromatic nitrogens is 3. The molecule has 0 saturated carbocycles. The lowest BCUT2D eigenvalue weighted by Gasteiger charge is -2.10. The third-order valence-corrected chi connectivity index (χ3v) is 8.04. The lowest BCUT2D eigenvalue weighted by molar-refractivity contribution is 1.19. The molecule has 0 fully saturated rings. The average molecular weight is 484 g/mol. The van der Waals surface area contributed by atoms with Gasteiger partial charge < -0.3 is 4.57 Å². The molecule has 3 nitrogen and oxygen atoms in total. The largest absolute Gasteiger partial charge is 0.309 e. The molecule has 3 aromatic heterocycles. The van der Waals surface area contributed by atoms with Crippen molar-refractivity contribution in [2.75, 3.05) is 0 Å². The normalized spacial score (nSPS) is 12.2. The van der Waals surface area contributed by atoms with Crippen LogP contribution in [-0.2, 0) is 0 Å². The maximum atomic E-state index is 5.23. The van der Waals surface area contributed by atoms with E-state index in [0.29, 0.717) is 0 Å². The zero-order chi connectivity index (χ0) is 24.8. The number of para-hydroxylation sites is 2. The van der Waals surface area contributed by atoms with Crippen molar-refractivity contribution >= 4 is 70.9 Å². The first-order valence-corrected chi connectivity index (χ1v) is 13.0. The summed E-state index contributed by atoms with van der Waals surface area (Å²) in [5.41, 5.74) is 7.88. The molecule has 0 atom stereocenters. The molecule has 0 aliphatic carbocycles. The summed E-state index contributed by atoms with van der Waals surface area (Å²) in [5.74, 6) is 0. The molecule has 38 heavy (non-hydrogen) atoms. The first kappa shape index (κ1) is 20.0. The smallest absolute Gasteiger partial charge is 0.146 e. The Morgan fingerprint density at radius 2 is 1.08 bits per heavy atom. The molecule has 0 saturated heterocycles. The molecular weight excluding hydrogens is 462 g/mol. The second-order valence-electron chi connectivity index (χ2n) is 10.1. The maximum absolute atomic E-state index is 5.23. The van der Waals surface area contributed by atoms with Crippen molar-refractivity contribution in [1.29, 1.82) is 0 Å². The van der Waals surface area contributed by atoms with Crippen molar-refractivity contribution in [3.8, 4) is 5.69 Å². The fourth-order valence-electron chi connectivity index (χ4n) is 6.37. The number of benzene rings is 6. The summed E-state index contributed by atoms with van der Waals surface area (Å²) in [6.45, 7) is 0. The Balaban J connectivity index is 1.48. The van der Waals surface area contributed by atoms with E-state index in [-0.39, 0.29) is 0 Å². The summed E-state index contributed by atoms with van der Waals surface area (Å²) < 4.78 is 4.74. The summed E-state index contributed by atoms with van der Waals surface area (Å²) in [6, 6.07) is 45.9. The molecule has 0 N–H and O–H groups in total. The highest BCUT2D eigenvalue weighted by Gasteiger charge is 2.18. The third-order valence-electron chi connectivity index (χ3n) is 8.04. The molecule has 0 aliphatic rings. The zero-order valence-corrected chi connectivity index (χ0v) is 20.5. The monoisotopic (exact) mass is 483 g/mol. The van der Waals surface area contributed by atoms with Crippen molar-refractivity contribution in [2.45, 2.75) is 0 Å². The highest BCUT2D eigenvalue weighted by Crippen LogP contribution is 2.38. The fourth-order valence-corrected chi connectivity index (χ4v) is 6.37. The van der Waals surface area contributed by atoms with Crippen LogP contribution in [0.15, 0.2) is 127 Å². The van der Waals surface area contributed by atoms with Gasteiger partial charge in [-0.3, -0.25) is 4.40 Å². The van der Waals surface area contributed by atoms with Gasteiger partial charge in [-0.1, -0.05) is 91.0 Å². The summed E-state index contributed by atoms with van der Waals surface area (Å²) in [7, 11) is 0. The highest BCUT2D eigenvalue weighted by molar-refractivity contribution is 6.17. The van der Waals surface area contributed by atoms with E-state index in [9.17, 15) is 0 Å². The third kappa shape index (κ3) is 2.55. The van der Waals surface area contributed by atoms with Gasteiger partial charge in [0.1, 0.15) is 5.65 Å². The van der Waals surface area contributed by atoms with Crippen LogP contribution in [0.4, 0.5) is 0 Å². The average Bonchev–Trinajstić information content (AvgIpc) is 3.51. The Labute approximate surface area is 217 Å². The van der Waals surface area contributed by atoms with E-state index in [1.54, 1.807) is 0 Å². The topological polar surface area (TPSA) is 22.2 Å². The first-order valence-electron chi connectivity index (χ1n) is 13.0. The molecule has 3 heterocycles. The molecule has 9 rings (SSSR count). The SMILES string of the molecule is c1ccc2cc(-n3c4ccccc4c4cc5nc6c7ccccc7c7ccccc7n6c5cc43)ccc2c1. The van der Waals surface area contributed by atoms with Gasteiger partial charge in [0.2, 0.25) is 0 Å². The van der Waals surface area contributed by atoms with Gasteiger partial charge in [-0.2, -0.15) is 0 Å². The van der Waals surface area contributed by atoms with Crippen LogP contribution < -0.4 is 0 Å². The first-order chi connectivity index (χ1) is 18.8. The minimum atomic E-state index is 1.00. The molecule has 0 radical (unpaired) electrons. The van der Waals surface area contributed by atoms with Gasteiger partial charge in [0.15, 0.2) is 0 Å². The summed E-state index contributed by atoms with van der Waals surface area (Å²) >= 11 is 0. The standard InChI is InChI=1S/C35H21N3/c1-2-10-23-19-24(18-17-22(23)9-1)37-31-15-7-6-13-27(31)29-20-30-34(21-33(29)37)38-32-16-8-5-12-26(32)25-11-3-4-14-28(25)35(38)36-30/h1-21H. The highest BCUT2D eigenvalue weighted by atomic mass is 15.0. The Hall–Kier alpha value is -5.15. The van der Waals surface area contributed by atoms with Gasteiger partial charge in [0, 0.05) is 27.2 Å². The van der Waals surface area contributed by atoms with Crippen LogP contribution in [0.3, 0.4) is 0 Å². The Morgan fingerprint density at radius 1 is 0.421 bits per heavy atom. The predicted octanol–water partition coefficient (Wildman–Crippen LogP) is 9.04. The van der Waals surface area contributed by atoms with Gasteiger partial charge in [-0.15, -0.1) is 0 Å². The molecular formula is C35H21N3. The maximum Gasteiger partial charge on any atom is 0.146 e. The van der Waals surface area contributed by atoms with Crippen LogP contribution in [-0.4, -0.2) is 14.0 Å². The molecule has 3 heteroatoms. The minimum absolute atomic E-state index is 1.00. The molecule has 0 amide bonds. The quantitative estimate of drug-likeness (QED) is 0.214. The van der Waals surface area contributed by atoms with Gasteiger partial charge >= 0.3 is 0 Å². The van der Waals surface area contributed by atoms with E-state index >= 15 is 0 Å². The van der Waals surface area contributed by atoms with Gasteiger partial charge in [-0.25, -0.2) is 4.98 Å². The molecule has 0 bridgehead atoms. The van der Waals surface area contributed by atoms with E-state index in [0.717, 1.165) is 16.7 Å². The predicted molar refractivity (Wildman–Crippen MR) is 160 cm³/mol. The number of rotatable bonds is 1. The molecule has 6 aromatic carbocycles. The van der Waals surface area contributed by atoms with Crippen LogP contribution in [0.2, 0.25) is 0 Å². The zero-order valence-electron chi connectivity index (χ0n) is 20.5.